The van der Waals surface area contributed by atoms with Gasteiger partial charge in [0.2, 0.25) is 0 Å². The van der Waals surface area contributed by atoms with Crippen LogP contribution in [-0.4, -0.2) is 16.6 Å². The summed E-state index contributed by atoms with van der Waals surface area (Å²) >= 11 is 7.78. The SMILES string of the molecule is Nc1ccc(Cl)cc1C(O)C1CCSC1. The Bertz CT molecular complexity index is 352. The van der Waals surface area contributed by atoms with Crippen LogP contribution >= 0.6 is 23.4 Å². The molecule has 0 spiro atoms. The third kappa shape index (κ3) is 2.41. The molecule has 0 aromatic heterocycles. The van der Waals surface area contributed by atoms with Gasteiger partial charge >= 0.3 is 0 Å². The first-order chi connectivity index (χ1) is 7.18. The molecule has 2 rings (SSSR count). The summed E-state index contributed by atoms with van der Waals surface area (Å²) in [5.74, 6) is 2.45. The summed E-state index contributed by atoms with van der Waals surface area (Å²) in [5.41, 5.74) is 7.23. The van der Waals surface area contributed by atoms with Crippen LogP contribution in [0.25, 0.3) is 0 Å². The van der Waals surface area contributed by atoms with E-state index in [2.05, 4.69) is 0 Å². The van der Waals surface area contributed by atoms with Gasteiger partial charge in [-0.05, 0) is 42.0 Å². The summed E-state index contributed by atoms with van der Waals surface area (Å²) in [4.78, 5) is 0. The Morgan fingerprint density at radius 3 is 3.00 bits per heavy atom. The Hall–Kier alpha value is -0.380. The number of thioether (sulfide) groups is 1. The van der Waals surface area contributed by atoms with Gasteiger partial charge in [-0.15, -0.1) is 0 Å². The van der Waals surface area contributed by atoms with Crippen LogP contribution in [-0.2, 0) is 0 Å². The molecule has 0 bridgehead atoms. The highest BCUT2D eigenvalue weighted by Crippen LogP contribution is 2.36. The average molecular weight is 244 g/mol. The summed E-state index contributed by atoms with van der Waals surface area (Å²) in [5, 5.41) is 10.8. The Morgan fingerprint density at radius 1 is 1.53 bits per heavy atom. The van der Waals surface area contributed by atoms with Gasteiger partial charge in [-0.1, -0.05) is 11.6 Å². The van der Waals surface area contributed by atoms with Crippen molar-refractivity contribution in [1.29, 1.82) is 0 Å². The Balaban J connectivity index is 2.23. The van der Waals surface area contributed by atoms with Crippen molar-refractivity contribution >= 4 is 29.1 Å². The molecular formula is C11H14ClNOS. The zero-order valence-electron chi connectivity index (χ0n) is 8.32. The van der Waals surface area contributed by atoms with Crippen LogP contribution in [0.5, 0.6) is 0 Å². The van der Waals surface area contributed by atoms with Crippen molar-refractivity contribution in [3.63, 3.8) is 0 Å². The van der Waals surface area contributed by atoms with Crippen LogP contribution < -0.4 is 5.73 Å². The fraction of sp³-hybridized carbons (Fsp3) is 0.455. The minimum Gasteiger partial charge on any atom is -0.398 e. The van der Waals surface area contributed by atoms with Gasteiger partial charge in [0.25, 0.3) is 0 Å². The number of nitrogen functional groups attached to an aromatic ring is 1. The quantitative estimate of drug-likeness (QED) is 0.786. The molecule has 1 saturated heterocycles. The molecular weight excluding hydrogens is 230 g/mol. The van der Waals surface area contributed by atoms with Crippen LogP contribution in [0.3, 0.4) is 0 Å². The molecule has 0 amide bonds. The van der Waals surface area contributed by atoms with E-state index in [9.17, 15) is 5.11 Å². The van der Waals surface area contributed by atoms with Gasteiger partial charge in [0, 0.05) is 16.3 Å². The molecule has 1 fully saturated rings. The molecule has 82 valence electrons. The molecule has 3 N–H and O–H groups in total. The molecule has 2 unspecified atom stereocenters. The molecule has 2 atom stereocenters. The van der Waals surface area contributed by atoms with Crippen LogP contribution in [0, 0.1) is 5.92 Å². The Labute approximate surface area is 98.8 Å². The maximum absolute atomic E-state index is 10.2. The number of hydrogen-bond acceptors (Lipinski definition) is 3. The van der Waals surface area contributed by atoms with E-state index in [1.54, 1.807) is 18.2 Å². The topological polar surface area (TPSA) is 46.2 Å². The summed E-state index contributed by atoms with van der Waals surface area (Å²) in [7, 11) is 0. The van der Waals surface area contributed by atoms with Crippen molar-refractivity contribution in [2.24, 2.45) is 5.92 Å². The number of rotatable bonds is 2. The molecule has 2 nitrogen and oxygen atoms in total. The van der Waals surface area contributed by atoms with Crippen LogP contribution in [0.1, 0.15) is 18.1 Å². The number of benzene rings is 1. The van der Waals surface area contributed by atoms with Gasteiger partial charge in [-0.3, -0.25) is 0 Å². The lowest BCUT2D eigenvalue weighted by atomic mass is 9.94. The first-order valence-electron chi connectivity index (χ1n) is 4.99. The second kappa shape index (κ2) is 4.64. The fourth-order valence-corrected chi connectivity index (χ4v) is 3.33. The van der Waals surface area contributed by atoms with E-state index in [0.717, 1.165) is 23.5 Å². The lowest BCUT2D eigenvalue weighted by Crippen LogP contribution is -2.13. The zero-order valence-corrected chi connectivity index (χ0v) is 9.89. The summed E-state index contributed by atoms with van der Waals surface area (Å²) < 4.78 is 0. The van der Waals surface area contributed by atoms with Gasteiger partial charge < -0.3 is 10.8 Å². The largest absolute Gasteiger partial charge is 0.398 e. The Kier molecular flexibility index (Phi) is 3.44. The predicted octanol–water partition coefficient (Wildman–Crippen LogP) is 2.71. The van der Waals surface area contributed by atoms with Crippen molar-refractivity contribution in [1.82, 2.24) is 0 Å². The van der Waals surface area contributed by atoms with Gasteiger partial charge in [-0.2, -0.15) is 11.8 Å². The lowest BCUT2D eigenvalue weighted by Gasteiger charge is -2.19. The van der Waals surface area contributed by atoms with Crippen LogP contribution in [0.4, 0.5) is 5.69 Å². The minimum absolute atomic E-state index is 0.316. The van der Waals surface area contributed by atoms with E-state index in [4.69, 9.17) is 17.3 Å². The van der Waals surface area contributed by atoms with Crippen molar-refractivity contribution in [3.8, 4) is 0 Å². The highest BCUT2D eigenvalue weighted by molar-refractivity contribution is 7.99. The number of aliphatic hydroxyl groups excluding tert-OH is 1. The monoisotopic (exact) mass is 243 g/mol. The molecule has 0 saturated carbocycles. The molecule has 0 radical (unpaired) electrons. The van der Waals surface area contributed by atoms with E-state index in [0.29, 0.717) is 16.6 Å². The van der Waals surface area contributed by atoms with E-state index in [-0.39, 0.29) is 0 Å². The molecule has 1 aliphatic rings. The normalized spacial score (nSPS) is 22.9. The zero-order chi connectivity index (χ0) is 10.8. The number of nitrogens with two attached hydrogens (primary N) is 1. The predicted molar refractivity (Wildman–Crippen MR) is 66.3 cm³/mol. The molecule has 4 heteroatoms. The molecule has 1 aliphatic heterocycles. The maximum Gasteiger partial charge on any atom is 0.0846 e. The third-order valence-corrected chi connectivity index (χ3v) is 4.20. The van der Waals surface area contributed by atoms with Crippen LogP contribution in [0.2, 0.25) is 5.02 Å². The molecule has 1 heterocycles. The average Bonchev–Trinajstić information content (AvgIpc) is 2.74. The van der Waals surface area contributed by atoms with Crippen LogP contribution in [0.15, 0.2) is 18.2 Å². The fourth-order valence-electron chi connectivity index (χ4n) is 1.86. The second-order valence-corrected chi connectivity index (χ2v) is 5.43. The lowest BCUT2D eigenvalue weighted by molar-refractivity contribution is 0.122. The molecule has 0 aliphatic carbocycles. The minimum atomic E-state index is -0.473. The van der Waals surface area contributed by atoms with Gasteiger partial charge in [0.1, 0.15) is 0 Å². The van der Waals surface area contributed by atoms with Gasteiger partial charge in [0.05, 0.1) is 6.10 Å². The highest BCUT2D eigenvalue weighted by atomic mass is 35.5. The standard InChI is InChI=1S/C11H14ClNOS/c12-8-1-2-10(13)9(5-8)11(14)7-3-4-15-6-7/h1-2,5,7,11,14H,3-4,6,13H2. The van der Waals surface area contributed by atoms with Crippen molar-refractivity contribution < 1.29 is 5.11 Å². The maximum atomic E-state index is 10.2. The summed E-state index contributed by atoms with van der Waals surface area (Å²) in [6, 6.07) is 5.27. The van der Waals surface area contributed by atoms with E-state index in [1.165, 1.54) is 0 Å². The number of anilines is 1. The van der Waals surface area contributed by atoms with Gasteiger partial charge in [-0.25, -0.2) is 0 Å². The number of halogens is 1. The summed E-state index contributed by atoms with van der Waals surface area (Å²) in [6.45, 7) is 0. The summed E-state index contributed by atoms with van der Waals surface area (Å²) in [6.07, 6.45) is 0.580. The van der Waals surface area contributed by atoms with Gasteiger partial charge in [0.15, 0.2) is 0 Å². The third-order valence-electron chi connectivity index (χ3n) is 2.78. The smallest absolute Gasteiger partial charge is 0.0846 e. The highest BCUT2D eigenvalue weighted by Gasteiger charge is 2.26. The molecule has 15 heavy (non-hydrogen) atoms. The van der Waals surface area contributed by atoms with Crippen molar-refractivity contribution in [3.05, 3.63) is 28.8 Å². The molecule has 1 aromatic rings. The van der Waals surface area contributed by atoms with Crippen molar-refractivity contribution in [2.45, 2.75) is 12.5 Å². The van der Waals surface area contributed by atoms with Crippen molar-refractivity contribution in [2.75, 3.05) is 17.2 Å². The second-order valence-electron chi connectivity index (χ2n) is 3.84. The Morgan fingerprint density at radius 2 is 2.33 bits per heavy atom. The first-order valence-corrected chi connectivity index (χ1v) is 6.52. The van der Waals surface area contributed by atoms with E-state index in [1.807, 2.05) is 11.8 Å². The number of aliphatic hydroxyl groups is 1. The number of hydrogen-bond donors (Lipinski definition) is 2. The molecule has 1 aromatic carbocycles. The van der Waals surface area contributed by atoms with E-state index >= 15 is 0 Å². The van der Waals surface area contributed by atoms with E-state index < -0.39 is 6.10 Å². The first kappa shape index (κ1) is 11.1.